The topological polar surface area (TPSA) is 101 Å². The van der Waals surface area contributed by atoms with Gasteiger partial charge in [-0.15, -0.1) is 0 Å². The predicted molar refractivity (Wildman–Crippen MR) is 174 cm³/mol. The minimum Gasteiger partial charge on any atom is -0.497 e. The number of aromatic nitrogens is 2. The van der Waals surface area contributed by atoms with Crippen molar-refractivity contribution in [3.05, 3.63) is 154 Å². The van der Waals surface area contributed by atoms with Gasteiger partial charge in [-0.3, -0.25) is 9.36 Å². The molecular weight excluding hydrogens is 582 g/mol. The molecule has 1 aromatic heterocycles. The molecule has 4 aromatic carbocycles. The zero-order chi connectivity index (χ0) is 31.9. The highest BCUT2D eigenvalue weighted by molar-refractivity contribution is 6.03. The van der Waals surface area contributed by atoms with Crippen molar-refractivity contribution < 1.29 is 23.7 Å². The van der Waals surface area contributed by atoms with Crippen LogP contribution in [0.1, 0.15) is 46.1 Å². The molecule has 9 nitrogen and oxygen atoms in total. The van der Waals surface area contributed by atoms with Crippen molar-refractivity contribution in [2.45, 2.75) is 30.8 Å². The molecule has 2 atom stereocenters. The van der Waals surface area contributed by atoms with Crippen molar-refractivity contribution in [3.8, 4) is 11.5 Å². The number of hydrogen-bond acceptors (Lipinski definition) is 7. The molecule has 1 amide bonds. The summed E-state index contributed by atoms with van der Waals surface area (Å²) in [5.74, 6) is 1.33. The summed E-state index contributed by atoms with van der Waals surface area (Å²) in [6, 6.07) is 36.2. The highest BCUT2D eigenvalue weighted by Crippen LogP contribution is 2.42. The first-order valence-corrected chi connectivity index (χ1v) is 15.1. The number of hydrogen-bond donors (Lipinski definition) is 1. The van der Waals surface area contributed by atoms with E-state index < -0.39 is 17.5 Å². The summed E-state index contributed by atoms with van der Waals surface area (Å²) in [5.41, 5.74) is 1.80. The Hall–Kier alpha value is -5.25. The van der Waals surface area contributed by atoms with Gasteiger partial charge < -0.3 is 24.3 Å². The van der Waals surface area contributed by atoms with E-state index in [0.29, 0.717) is 18.4 Å². The zero-order valence-electron chi connectivity index (χ0n) is 25.7. The molecule has 5 aromatic rings. The summed E-state index contributed by atoms with van der Waals surface area (Å²) in [4.78, 5) is 29.6. The Balaban J connectivity index is 1.24. The Kier molecular flexibility index (Phi) is 9.23. The second-order valence-corrected chi connectivity index (χ2v) is 10.9. The van der Waals surface area contributed by atoms with Crippen LogP contribution < -0.4 is 20.5 Å². The number of rotatable bonds is 11. The first-order valence-electron chi connectivity index (χ1n) is 15.1. The van der Waals surface area contributed by atoms with Crippen LogP contribution in [0, 0.1) is 0 Å². The number of anilines is 1. The second kappa shape index (κ2) is 13.8. The number of carbonyl (C=O) groups is 1. The van der Waals surface area contributed by atoms with Gasteiger partial charge in [0.1, 0.15) is 29.1 Å². The lowest BCUT2D eigenvalue weighted by Crippen LogP contribution is -2.36. The molecule has 234 valence electrons. The van der Waals surface area contributed by atoms with Crippen LogP contribution in [0.15, 0.2) is 126 Å². The Labute approximate surface area is 267 Å². The van der Waals surface area contributed by atoms with Crippen LogP contribution in [0.5, 0.6) is 11.5 Å². The van der Waals surface area contributed by atoms with Crippen molar-refractivity contribution in [2.24, 2.45) is 0 Å². The molecular formula is C37H35N3O6. The van der Waals surface area contributed by atoms with Crippen molar-refractivity contribution in [1.82, 2.24) is 9.55 Å². The maximum absolute atomic E-state index is 13.0. The van der Waals surface area contributed by atoms with E-state index in [0.717, 1.165) is 28.2 Å². The van der Waals surface area contributed by atoms with Crippen molar-refractivity contribution >= 4 is 11.7 Å². The molecule has 1 saturated heterocycles. The molecule has 0 bridgehead atoms. The number of nitrogens with zero attached hydrogens (tertiary/aromatic N) is 2. The molecule has 1 aliphatic heterocycles. The third kappa shape index (κ3) is 6.42. The Morgan fingerprint density at radius 1 is 0.804 bits per heavy atom. The van der Waals surface area contributed by atoms with E-state index in [1.807, 2.05) is 72.8 Å². The Morgan fingerprint density at radius 3 is 1.93 bits per heavy atom. The average molecular weight is 618 g/mol. The molecule has 6 rings (SSSR count). The smallest absolute Gasteiger partial charge is 0.351 e. The molecule has 0 spiro atoms. The third-order valence-corrected chi connectivity index (χ3v) is 8.16. The number of carbonyl (C=O) groups excluding carboxylic acids is 1. The van der Waals surface area contributed by atoms with Crippen LogP contribution >= 0.6 is 0 Å². The SMILES string of the molecule is COc1ccc(C(OC[C@H]2CC[C@H](n3ccc(NC(=O)c4ccccc4)nc3=O)O2)(c2ccccc2)c2ccc(OC)cc2)cc1. The van der Waals surface area contributed by atoms with Crippen LogP contribution in [-0.2, 0) is 15.1 Å². The fourth-order valence-electron chi connectivity index (χ4n) is 5.79. The first kappa shape index (κ1) is 30.8. The van der Waals surface area contributed by atoms with E-state index in [9.17, 15) is 9.59 Å². The van der Waals surface area contributed by atoms with Crippen LogP contribution in [0.2, 0.25) is 0 Å². The summed E-state index contributed by atoms with van der Waals surface area (Å²) < 4.78 is 25.7. The lowest BCUT2D eigenvalue weighted by Gasteiger charge is -2.37. The van der Waals surface area contributed by atoms with Crippen LogP contribution in [-0.4, -0.2) is 42.4 Å². The van der Waals surface area contributed by atoms with Crippen molar-refractivity contribution in [2.75, 3.05) is 26.1 Å². The largest absolute Gasteiger partial charge is 0.497 e. The Bertz CT molecular complexity index is 1760. The lowest BCUT2D eigenvalue weighted by atomic mass is 9.80. The van der Waals surface area contributed by atoms with E-state index in [2.05, 4.69) is 22.4 Å². The molecule has 9 heteroatoms. The van der Waals surface area contributed by atoms with E-state index >= 15 is 0 Å². The summed E-state index contributed by atoms with van der Waals surface area (Å²) in [6.07, 6.45) is 2.09. The number of amides is 1. The van der Waals surface area contributed by atoms with Gasteiger partial charge in [0.15, 0.2) is 0 Å². The second-order valence-electron chi connectivity index (χ2n) is 10.9. The van der Waals surface area contributed by atoms with Crippen LogP contribution in [0.3, 0.4) is 0 Å². The molecule has 1 N–H and O–H groups in total. The lowest BCUT2D eigenvalue weighted by molar-refractivity contribution is -0.0773. The summed E-state index contributed by atoms with van der Waals surface area (Å²) in [7, 11) is 3.28. The summed E-state index contributed by atoms with van der Waals surface area (Å²) in [6.45, 7) is 0.261. The monoisotopic (exact) mass is 617 g/mol. The van der Waals surface area contributed by atoms with E-state index in [4.69, 9.17) is 18.9 Å². The van der Waals surface area contributed by atoms with Gasteiger partial charge >= 0.3 is 5.69 Å². The first-order chi connectivity index (χ1) is 22.5. The standard InChI is InChI=1S/C37H35N3O6/c1-43-30-17-13-28(14-18-30)37(27-11-7-4-8-12-27,29-15-19-31(44-2)20-16-29)45-25-32-21-22-34(46-32)40-24-23-33(39-36(40)42)38-35(41)26-9-5-3-6-10-26/h3-20,23-24,32,34H,21-22,25H2,1-2H3,(H,38,39,41,42)/t32-,34-/m1/s1. The molecule has 0 unspecified atom stereocenters. The molecule has 1 fully saturated rings. The normalized spacial score (nSPS) is 16.1. The van der Waals surface area contributed by atoms with Gasteiger partial charge in [-0.05, 0) is 72.0 Å². The van der Waals surface area contributed by atoms with Gasteiger partial charge in [0, 0.05) is 11.8 Å². The molecule has 0 aliphatic carbocycles. The fraction of sp³-hybridized carbons (Fsp3) is 0.216. The van der Waals surface area contributed by atoms with Gasteiger partial charge in [0.25, 0.3) is 5.91 Å². The molecule has 0 radical (unpaired) electrons. The highest BCUT2D eigenvalue weighted by atomic mass is 16.6. The maximum Gasteiger partial charge on any atom is 0.351 e. The molecule has 2 heterocycles. The minimum atomic E-state index is -0.974. The van der Waals surface area contributed by atoms with E-state index in [1.165, 1.54) is 4.57 Å². The van der Waals surface area contributed by atoms with Crippen molar-refractivity contribution in [1.29, 1.82) is 0 Å². The Morgan fingerprint density at radius 2 is 1.37 bits per heavy atom. The summed E-state index contributed by atoms with van der Waals surface area (Å²) >= 11 is 0. The van der Waals surface area contributed by atoms with Crippen LogP contribution in [0.4, 0.5) is 5.82 Å². The van der Waals surface area contributed by atoms with Gasteiger partial charge in [0.2, 0.25) is 0 Å². The van der Waals surface area contributed by atoms with Gasteiger partial charge in [0.05, 0.1) is 26.9 Å². The van der Waals surface area contributed by atoms with Gasteiger partial charge in [-0.25, -0.2) is 4.79 Å². The third-order valence-electron chi connectivity index (χ3n) is 8.16. The van der Waals surface area contributed by atoms with E-state index in [1.54, 1.807) is 50.7 Å². The number of benzene rings is 4. The quantitative estimate of drug-likeness (QED) is 0.176. The maximum atomic E-state index is 13.0. The number of ether oxygens (including phenoxy) is 4. The number of methoxy groups -OCH3 is 2. The van der Waals surface area contributed by atoms with Gasteiger partial charge in [-0.1, -0.05) is 72.8 Å². The molecule has 0 saturated carbocycles. The minimum absolute atomic E-state index is 0.180. The molecule has 1 aliphatic rings. The predicted octanol–water partition coefficient (Wildman–Crippen LogP) is 6.20. The fourth-order valence-corrected chi connectivity index (χ4v) is 5.79. The summed E-state index contributed by atoms with van der Waals surface area (Å²) in [5, 5.41) is 2.68. The van der Waals surface area contributed by atoms with Crippen molar-refractivity contribution in [3.63, 3.8) is 0 Å². The van der Waals surface area contributed by atoms with Crippen LogP contribution in [0.25, 0.3) is 0 Å². The molecule has 46 heavy (non-hydrogen) atoms. The van der Waals surface area contributed by atoms with Gasteiger partial charge in [-0.2, -0.15) is 4.98 Å². The zero-order valence-corrected chi connectivity index (χ0v) is 25.7. The highest BCUT2D eigenvalue weighted by Gasteiger charge is 2.39. The number of nitrogens with one attached hydrogen (secondary N) is 1. The van der Waals surface area contributed by atoms with E-state index in [-0.39, 0.29) is 24.4 Å². The average Bonchev–Trinajstić information content (AvgIpc) is 3.58.